The van der Waals surface area contributed by atoms with Gasteiger partial charge in [0, 0.05) is 56.2 Å². The number of carbonyl (C=O) groups is 2. The number of aryl methyl sites for hydroxylation is 2. The SMILES string of the molecule is CONC(=O)N(Cc1ccsc1)C1CCN([C@H](C)CCNC(=O)c2c(C)cc(-c3ccncc3)cc2C)CC1. The Kier molecular flexibility index (Phi) is 10.1. The molecule has 0 radical (unpaired) electrons. The second-order valence-electron chi connectivity index (χ2n) is 10.3. The second kappa shape index (κ2) is 13.7. The fraction of sp³-hybridized carbons (Fsp3) is 0.433. The Morgan fingerprint density at radius 2 is 1.82 bits per heavy atom. The van der Waals surface area contributed by atoms with Gasteiger partial charge >= 0.3 is 6.03 Å². The third kappa shape index (κ3) is 7.44. The zero-order valence-corrected chi connectivity index (χ0v) is 24.1. The first kappa shape index (κ1) is 28.7. The van der Waals surface area contributed by atoms with E-state index < -0.39 is 0 Å². The van der Waals surface area contributed by atoms with Crippen molar-refractivity contribution in [3.8, 4) is 11.1 Å². The van der Waals surface area contributed by atoms with E-state index in [9.17, 15) is 9.59 Å². The van der Waals surface area contributed by atoms with Crippen LogP contribution in [0.1, 0.15) is 53.2 Å². The van der Waals surface area contributed by atoms with E-state index in [0.29, 0.717) is 19.1 Å². The van der Waals surface area contributed by atoms with Gasteiger partial charge in [-0.1, -0.05) is 12.1 Å². The van der Waals surface area contributed by atoms with Crippen molar-refractivity contribution in [2.24, 2.45) is 0 Å². The molecule has 0 saturated carbocycles. The average molecular weight is 550 g/mol. The molecular formula is C30H39N5O3S. The van der Waals surface area contributed by atoms with E-state index in [1.54, 1.807) is 23.7 Å². The quantitative estimate of drug-likeness (QED) is 0.341. The van der Waals surface area contributed by atoms with E-state index in [2.05, 4.69) is 51.2 Å². The topological polar surface area (TPSA) is 86.8 Å². The van der Waals surface area contributed by atoms with Crippen molar-refractivity contribution >= 4 is 23.3 Å². The van der Waals surface area contributed by atoms with Gasteiger partial charge in [-0.2, -0.15) is 11.3 Å². The van der Waals surface area contributed by atoms with E-state index in [1.165, 1.54) is 7.11 Å². The van der Waals surface area contributed by atoms with E-state index in [4.69, 9.17) is 4.84 Å². The number of amides is 3. The molecule has 1 aliphatic rings. The molecule has 0 spiro atoms. The van der Waals surface area contributed by atoms with Gasteiger partial charge in [0.25, 0.3) is 5.91 Å². The number of hydrogen-bond acceptors (Lipinski definition) is 6. The average Bonchev–Trinajstić information content (AvgIpc) is 3.45. The van der Waals surface area contributed by atoms with Gasteiger partial charge in [0.15, 0.2) is 0 Å². The summed E-state index contributed by atoms with van der Waals surface area (Å²) in [7, 11) is 1.46. The van der Waals surface area contributed by atoms with Gasteiger partial charge in [0.05, 0.1) is 7.11 Å². The van der Waals surface area contributed by atoms with Crippen LogP contribution >= 0.6 is 11.3 Å². The molecule has 0 aliphatic carbocycles. The summed E-state index contributed by atoms with van der Waals surface area (Å²) in [6.07, 6.45) is 6.24. The van der Waals surface area contributed by atoms with E-state index >= 15 is 0 Å². The van der Waals surface area contributed by atoms with Crippen LogP contribution in [0.5, 0.6) is 0 Å². The minimum absolute atomic E-state index is 0.0228. The molecule has 0 bridgehead atoms. The van der Waals surface area contributed by atoms with Crippen LogP contribution in [0, 0.1) is 13.8 Å². The third-order valence-corrected chi connectivity index (χ3v) is 8.30. The van der Waals surface area contributed by atoms with Gasteiger partial charge in [-0.15, -0.1) is 0 Å². The van der Waals surface area contributed by atoms with Crippen LogP contribution in [-0.4, -0.2) is 65.5 Å². The summed E-state index contributed by atoms with van der Waals surface area (Å²) >= 11 is 1.64. The summed E-state index contributed by atoms with van der Waals surface area (Å²) in [5.74, 6) is -0.0228. The lowest BCUT2D eigenvalue weighted by molar-refractivity contribution is 0.0565. The Balaban J connectivity index is 1.27. The van der Waals surface area contributed by atoms with Crippen LogP contribution in [0.3, 0.4) is 0 Å². The predicted octanol–water partition coefficient (Wildman–Crippen LogP) is 5.17. The van der Waals surface area contributed by atoms with Crippen molar-refractivity contribution in [1.82, 2.24) is 25.6 Å². The van der Waals surface area contributed by atoms with E-state index in [-0.39, 0.29) is 18.0 Å². The van der Waals surface area contributed by atoms with Crippen molar-refractivity contribution in [2.45, 2.75) is 58.7 Å². The van der Waals surface area contributed by atoms with Crippen molar-refractivity contribution in [3.05, 3.63) is 75.7 Å². The number of pyridine rings is 1. The Labute approximate surface area is 235 Å². The Bertz CT molecular complexity index is 1200. The number of hydroxylamine groups is 1. The fourth-order valence-electron chi connectivity index (χ4n) is 5.43. The smallest absolute Gasteiger partial charge is 0.341 e. The van der Waals surface area contributed by atoms with Crippen molar-refractivity contribution < 1.29 is 14.4 Å². The molecule has 1 aromatic carbocycles. The summed E-state index contributed by atoms with van der Waals surface area (Å²) in [5.41, 5.74) is 8.51. The molecule has 3 aromatic rings. The minimum atomic E-state index is -0.197. The molecule has 39 heavy (non-hydrogen) atoms. The van der Waals surface area contributed by atoms with Gasteiger partial charge in [0.2, 0.25) is 0 Å². The summed E-state index contributed by atoms with van der Waals surface area (Å²) in [5, 5.41) is 7.25. The maximum atomic E-state index is 13.1. The Morgan fingerprint density at radius 3 is 2.44 bits per heavy atom. The number of carbonyl (C=O) groups excluding carboxylic acids is 2. The standard InChI is InChI=1S/C30H39N5O3S/c1-21-17-26(25-6-11-31-12-7-25)18-22(2)28(21)29(36)32-13-5-23(3)34-14-8-27(9-15-34)35(30(37)33-38-4)19-24-10-16-39-20-24/h6-7,10-12,16-18,20,23,27H,5,8-9,13-15,19H2,1-4H3,(H,32,36)(H,33,37)/t23-/m1/s1. The fourth-order valence-corrected chi connectivity index (χ4v) is 6.09. The molecule has 1 aliphatic heterocycles. The van der Waals surface area contributed by atoms with E-state index in [0.717, 1.165) is 65.7 Å². The molecular weight excluding hydrogens is 510 g/mol. The van der Waals surface area contributed by atoms with Gasteiger partial charge in [-0.3, -0.25) is 14.6 Å². The van der Waals surface area contributed by atoms with Crippen molar-refractivity contribution in [3.63, 3.8) is 0 Å². The number of likely N-dealkylation sites (tertiary alicyclic amines) is 1. The number of rotatable bonds is 10. The predicted molar refractivity (Wildman–Crippen MR) is 156 cm³/mol. The molecule has 9 heteroatoms. The van der Waals surface area contributed by atoms with E-state index in [1.807, 2.05) is 36.3 Å². The number of piperidine rings is 1. The van der Waals surface area contributed by atoms with Crippen LogP contribution in [0.4, 0.5) is 4.79 Å². The van der Waals surface area contributed by atoms with Gasteiger partial charge < -0.3 is 15.1 Å². The lowest BCUT2D eigenvalue weighted by Gasteiger charge is -2.40. The summed E-state index contributed by atoms with van der Waals surface area (Å²) in [6, 6.07) is 10.4. The van der Waals surface area contributed by atoms with Crippen LogP contribution in [0.15, 0.2) is 53.5 Å². The largest absolute Gasteiger partial charge is 0.352 e. The molecule has 1 saturated heterocycles. The number of nitrogens with zero attached hydrogens (tertiary/aromatic N) is 3. The molecule has 2 aromatic heterocycles. The lowest BCUT2D eigenvalue weighted by atomic mass is 9.95. The molecule has 3 heterocycles. The normalized spacial score (nSPS) is 15.1. The number of hydrogen-bond donors (Lipinski definition) is 2. The zero-order valence-electron chi connectivity index (χ0n) is 23.3. The summed E-state index contributed by atoms with van der Waals surface area (Å²) < 4.78 is 0. The lowest BCUT2D eigenvalue weighted by Crippen LogP contribution is -2.51. The number of thiophene rings is 1. The molecule has 0 unspecified atom stereocenters. The number of urea groups is 1. The molecule has 208 valence electrons. The maximum absolute atomic E-state index is 13.1. The maximum Gasteiger partial charge on any atom is 0.341 e. The summed E-state index contributed by atoms with van der Waals surface area (Å²) in [6.45, 7) is 9.22. The molecule has 1 fully saturated rings. The first-order valence-electron chi connectivity index (χ1n) is 13.5. The highest BCUT2D eigenvalue weighted by molar-refractivity contribution is 7.07. The monoisotopic (exact) mass is 549 g/mol. The van der Waals surface area contributed by atoms with Crippen molar-refractivity contribution in [2.75, 3.05) is 26.7 Å². The van der Waals surface area contributed by atoms with Crippen LogP contribution in [-0.2, 0) is 11.4 Å². The number of benzene rings is 1. The van der Waals surface area contributed by atoms with Crippen molar-refractivity contribution in [1.29, 1.82) is 0 Å². The molecule has 8 nitrogen and oxygen atoms in total. The highest BCUT2D eigenvalue weighted by Crippen LogP contribution is 2.25. The Hall–Kier alpha value is -3.27. The first-order valence-corrected chi connectivity index (χ1v) is 14.5. The Morgan fingerprint density at radius 1 is 1.13 bits per heavy atom. The highest BCUT2D eigenvalue weighted by atomic mass is 32.1. The second-order valence-corrected chi connectivity index (χ2v) is 11.0. The molecule has 1 atom stereocenters. The van der Waals surface area contributed by atoms with Crippen LogP contribution in [0.2, 0.25) is 0 Å². The molecule has 2 N–H and O–H groups in total. The highest BCUT2D eigenvalue weighted by Gasteiger charge is 2.30. The third-order valence-electron chi connectivity index (χ3n) is 7.57. The summed E-state index contributed by atoms with van der Waals surface area (Å²) in [4.78, 5) is 39.1. The molecule has 4 rings (SSSR count). The van der Waals surface area contributed by atoms with Crippen LogP contribution < -0.4 is 10.8 Å². The number of nitrogens with one attached hydrogen (secondary N) is 2. The minimum Gasteiger partial charge on any atom is -0.352 e. The van der Waals surface area contributed by atoms with Crippen LogP contribution in [0.25, 0.3) is 11.1 Å². The van der Waals surface area contributed by atoms with Gasteiger partial charge in [-0.05, 0) is 96.8 Å². The van der Waals surface area contributed by atoms with Gasteiger partial charge in [-0.25, -0.2) is 10.3 Å². The zero-order chi connectivity index (χ0) is 27.8. The number of aromatic nitrogens is 1. The molecule has 3 amide bonds. The van der Waals surface area contributed by atoms with Gasteiger partial charge in [0.1, 0.15) is 0 Å². The first-order chi connectivity index (χ1) is 18.9.